The lowest BCUT2D eigenvalue weighted by molar-refractivity contribution is -0.125. The number of carbonyl (C=O) groups is 1. The maximum absolute atomic E-state index is 12.3. The van der Waals surface area contributed by atoms with E-state index in [1.54, 1.807) is 0 Å². The van der Waals surface area contributed by atoms with E-state index >= 15 is 0 Å². The summed E-state index contributed by atoms with van der Waals surface area (Å²) in [4.78, 5) is 12.3. The average Bonchev–Trinajstić information content (AvgIpc) is 2.54. The van der Waals surface area contributed by atoms with Crippen LogP contribution in [-0.2, 0) is 11.3 Å². The first kappa shape index (κ1) is 20.8. The summed E-state index contributed by atoms with van der Waals surface area (Å²) >= 11 is 0. The second kappa shape index (κ2) is 10.6. The highest BCUT2D eigenvalue weighted by Gasteiger charge is 2.20. The molecule has 1 fully saturated rings. The normalized spacial score (nSPS) is 17.2. The van der Waals surface area contributed by atoms with Gasteiger partial charge in [0.1, 0.15) is 5.75 Å². The molecule has 24 heavy (non-hydrogen) atoms. The van der Waals surface area contributed by atoms with Crippen LogP contribution < -0.4 is 15.4 Å². The van der Waals surface area contributed by atoms with Gasteiger partial charge in [-0.3, -0.25) is 4.79 Å². The van der Waals surface area contributed by atoms with Crippen molar-refractivity contribution in [2.24, 2.45) is 11.8 Å². The van der Waals surface area contributed by atoms with Gasteiger partial charge in [-0.2, -0.15) is 0 Å². The van der Waals surface area contributed by atoms with Crippen molar-refractivity contribution < 1.29 is 9.53 Å². The molecule has 2 N–H and O–H groups in total. The first-order valence-corrected chi connectivity index (χ1v) is 8.77. The smallest absolute Gasteiger partial charge is 0.224 e. The fraction of sp³-hybridized carbons (Fsp3) is 0.632. The zero-order valence-electron chi connectivity index (χ0n) is 15.1. The van der Waals surface area contributed by atoms with Crippen molar-refractivity contribution in [1.29, 1.82) is 0 Å². The monoisotopic (exact) mass is 354 g/mol. The van der Waals surface area contributed by atoms with Crippen molar-refractivity contribution in [2.45, 2.75) is 46.6 Å². The minimum atomic E-state index is 0. The minimum Gasteiger partial charge on any atom is -0.493 e. The predicted molar refractivity (Wildman–Crippen MR) is 101 cm³/mol. The van der Waals surface area contributed by atoms with Gasteiger partial charge >= 0.3 is 0 Å². The molecule has 5 heteroatoms. The highest BCUT2D eigenvalue weighted by atomic mass is 35.5. The molecule has 1 aromatic carbocycles. The Kier molecular flexibility index (Phi) is 9.16. The zero-order valence-corrected chi connectivity index (χ0v) is 15.9. The second-order valence-corrected chi connectivity index (χ2v) is 6.90. The summed E-state index contributed by atoms with van der Waals surface area (Å²) in [7, 11) is 0. The number of piperidine rings is 1. The molecule has 0 aliphatic carbocycles. The summed E-state index contributed by atoms with van der Waals surface area (Å²) in [5.74, 6) is 1.76. The minimum absolute atomic E-state index is 0. The van der Waals surface area contributed by atoms with E-state index < -0.39 is 0 Å². The van der Waals surface area contributed by atoms with Crippen molar-refractivity contribution in [2.75, 3.05) is 19.7 Å². The van der Waals surface area contributed by atoms with Crippen LogP contribution in [0.25, 0.3) is 0 Å². The number of amides is 1. The molecule has 1 unspecified atom stereocenters. The molecule has 136 valence electrons. The van der Waals surface area contributed by atoms with Gasteiger partial charge in [0.15, 0.2) is 0 Å². The molecule has 0 radical (unpaired) electrons. The van der Waals surface area contributed by atoms with Crippen LogP contribution in [0.3, 0.4) is 0 Å². The van der Waals surface area contributed by atoms with Gasteiger partial charge in [0.2, 0.25) is 5.91 Å². The van der Waals surface area contributed by atoms with Gasteiger partial charge in [-0.15, -0.1) is 12.4 Å². The fourth-order valence-electron chi connectivity index (χ4n) is 2.75. The molecule has 1 aliphatic heterocycles. The quantitative estimate of drug-likeness (QED) is 0.788. The molecule has 1 aromatic rings. The Labute approximate surface area is 152 Å². The third kappa shape index (κ3) is 6.70. The molecule has 0 bridgehead atoms. The lowest BCUT2D eigenvalue weighted by Gasteiger charge is -2.22. The Morgan fingerprint density at radius 2 is 2.21 bits per heavy atom. The first-order valence-electron chi connectivity index (χ1n) is 8.77. The average molecular weight is 355 g/mol. The van der Waals surface area contributed by atoms with Gasteiger partial charge in [0.25, 0.3) is 0 Å². The molecule has 1 atom stereocenters. The highest BCUT2D eigenvalue weighted by Crippen LogP contribution is 2.21. The van der Waals surface area contributed by atoms with Crippen LogP contribution in [0.4, 0.5) is 0 Å². The van der Waals surface area contributed by atoms with Crippen LogP contribution in [0, 0.1) is 18.8 Å². The number of hydrogen-bond donors (Lipinski definition) is 2. The molecular weight excluding hydrogens is 324 g/mol. The molecule has 1 saturated heterocycles. The van der Waals surface area contributed by atoms with E-state index in [0.29, 0.717) is 19.1 Å². The highest BCUT2D eigenvalue weighted by molar-refractivity contribution is 5.85. The Bertz CT molecular complexity index is 514. The SMILES string of the molecule is Cc1ccc(CNC(=O)C2CCCNC2)c(OCCC(C)C)c1.Cl. The summed E-state index contributed by atoms with van der Waals surface area (Å²) in [6, 6.07) is 6.18. The van der Waals surface area contributed by atoms with E-state index in [4.69, 9.17) is 4.74 Å². The zero-order chi connectivity index (χ0) is 16.7. The van der Waals surface area contributed by atoms with Gasteiger partial charge in [-0.1, -0.05) is 26.0 Å². The third-order valence-corrected chi connectivity index (χ3v) is 4.30. The van der Waals surface area contributed by atoms with Gasteiger partial charge in [-0.25, -0.2) is 0 Å². The van der Waals surface area contributed by atoms with Crippen LogP contribution in [0.5, 0.6) is 5.75 Å². The summed E-state index contributed by atoms with van der Waals surface area (Å²) in [5.41, 5.74) is 2.23. The molecule has 0 spiro atoms. The summed E-state index contributed by atoms with van der Waals surface area (Å²) in [6.45, 7) is 9.51. The van der Waals surface area contributed by atoms with Crippen molar-refractivity contribution in [3.05, 3.63) is 29.3 Å². The molecule has 1 aliphatic rings. The first-order chi connectivity index (χ1) is 11.1. The number of ether oxygens (including phenoxy) is 1. The number of nitrogens with one attached hydrogen (secondary N) is 2. The van der Waals surface area contributed by atoms with Gasteiger partial charge in [-0.05, 0) is 50.3 Å². The van der Waals surface area contributed by atoms with Crippen LogP contribution in [0.2, 0.25) is 0 Å². The van der Waals surface area contributed by atoms with E-state index in [0.717, 1.165) is 43.7 Å². The maximum atomic E-state index is 12.3. The molecule has 4 nitrogen and oxygen atoms in total. The molecule has 1 amide bonds. The van der Waals surface area contributed by atoms with E-state index in [2.05, 4.69) is 49.6 Å². The van der Waals surface area contributed by atoms with Crippen molar-refractivity contribution >= 4 is 18.3 Å². The maximum Gasteiger partial charge on any atom is 0.224 e. The summed E-state index contributed by atoms with van der Waals surface area (Å²) in [5, 5.41) is 6.35. The standard InChI is InChI=1S/C19H30N2O2.ClH/c1-14(2)8-10-23-18-11-15(3)6-7-16(18)13-21-19(22)17-5-4-9-20-12-17;/h6-7,11,14,17,20H,4-5,8-10,12-13H2,1-3H3,(H,21,22);1H. The third-order valence-electron chi connectivity index (χ3n) is 4.30. The van der Waals surface area contributed by atoms with Crippen LogP contribution in [0.15, 0.2) is 18.2 Å². The van der Waals surface area contributed by atoms with Crippen molar-refractivity contribution in [3.63, 3.8) is 0 Å². The Morgan fingerprint density at radius 1 is 1.42 bits per heavy atom. The number of carbonyl (C=O) groups excluding carboxylic acids is 1. The van der Waals surface area contributed by atoms with Crippen molar-refractivity contribution in [1.82, 2.24) is 10.6 Å². The molecule has 1 heterocycles. The van der Waals surface area contributed by atoms with Gasteiger partial charge < -0.3 is 15.4 Å². The fourth-order valence-corrected chi connectivity index (χ4v) is 2.75. The summed E-state index contributed by atoms with van der Waals surface area (Å²) in [6.07, 6.45) is 3.09. The van der Waals surface area contributed by atoms with Crippen molar-refractivity contribution in [3.8, 4) is 5.75 Å². The van der Waals surface area contributed by atoms with Crippen LogP contribution in [0.1, 0.15) is 44.2 Å². The molecule has 2 rings (SSSR count). The lowest BCUT2D eigenvalue weighted by atomic mass is 9.99. The predicted octanol–water partition coefficient (Wildman–Crippen LogP) is 3.46. The van der Waals surface area contributed by atoms with E-state index in [1.807, 2.05) is 0 Å². The Balaban J connectivity index is 0.00000288. The van der Waals surface area contributed by atoms with E-state index in [-0.39, 0.29) is 24.2 Å². The number of rotatable bonds is 7. The number of aryl methyl sites for hydroxylation is 1. The number of halogens is 1. The van der Waals surface area contributed by atoms with E-state index in [1.165, 1.54) is 5.56 Å². The molecule has 0 aromatic heterocycles. The lowest BCUT2D eigenvalue weighted by Crippen LogP contribution is -2.40. The number of benzene rings is 1. The summed E-state index contributed by atoms with van der Waals surface area (Å²) < 4.78 is 5.94. The Hall–Kier alpha value is -1.26. The van der Waals surface area contributed by atoms with Crippen LogP contribution >= 0.6 is 12.4 Å². The van der Waals surface area contributed by atoms with Gasteiger partial charge in [0.05, 0.1) is 12.5 Å². The number of hydrogen-bond acceptors (Lipinski definition) is 3. The van der Waals surface area contributed by atoms with Gasteiger partial charge in [0, 0.05) is 18.7 Å². The largest absolute Gasteiger partial charge is 0.493 e. The Morgan fingerprint density at radius 3 is 2.88 bits per heavy atom. The molecule has 0 saturated carbocycles. The van der Waals surface area contributed by atoms with Crippen LogP contribution in [-0.4, -0.2) is 25.6 Å². The second-order valence-electron chi connectivity index (χ2n) is 6.90. The van der Waals surface area contributed by atoms with E-state index in [9.17, 15) is 4.79 Å². The molecular formula is C19H31ClN2O2. The topological polar surface area (TPSA) is 50.4 Å².